The van der Waals surface area contributed by atoms with Gasteiger partial charge in [0, 0.05) is 15.6 Å². The second-order valence-corrected chi connectivity index (χ2v) is 4.53. The third-order valence-electron chi connectivity index (χ3n) is 2.41. The molecule has 8 heteroatoms. The molecule has 1 aromatic heterocycles. The van der Waals surface area contributed by atoms with Crippen molar-refractivity contribution < 1.29 is 9.72 Å². The van der Waals surface area contributed by atoms with Crippen molar-refractivity contribution in [2.24, 2.45) is 0 Å². The van der Waals surface area contributed by atoms with Crippen LogP contribution in [0.5, 0.6) is 0 Å². The molecule has 19 heavy (non-hydrogen) atoms. The number of ketones is 1. The highest BCUT2D eigenvalue weighted by Crippen LogP contribution is 2.15. The average Bonchev–Trinajstić information content (AvgIpc) is 2.87. The first kappa shape index (κ1) is 13.2. The maximum atomic E-state index is 11.9. The van der Waals surface area contributed by atoms with Crippen LogP contribution in [-0.4, -0.2) is 31.7 Å². The van der Waals surface area contributed by atoms with E-state index in [1.54, 1.807) is 23.9 Å². The molecule has 2 aromatic rings. The molecule has 1 aromatic carbocycles. The predicted octanol–water partition coefficient (Wildman–Crippen LogP) is 1.79. The second-order valence-electron chi connectivity index (χ2n) is 3.65. The number of benzene rings is 1. The van der Waals surface area contributed by atoms with Crippen molar-refractivity contribution in [2.75, 3.05) is 6.26 Å². The summed E-state index contributed by atoms with van der Waals surface area (Å²) in [6.45, 7) is -0.0700. The van der Waals surface area contributed by atoms with Gasteiger partial charge in [-0.2, -0.15) is 4.68 Å². The molecule has 0 atom stereocenters. The fourth-order valence-electron chi connectivity index (χ4n) is 1.46. The van der Waals surface area contributed by atoms with Gasteiger partial charge in [-0.3, -0.25) is 4.79 Å². The minimum absolute atomic E-state index is 0.0700. The SMILES string of the molecule is CSc1ccc(C(=O)Cn2cnc([N+](=O)[O-])n2)cc1. The summed E-state index contributed by atoms with van der Waals surface area (Å²) in [4.78, 5) is 26.2. The van der Waals surface area contributed by atoms with E-state index in [2.05, 4.69) is 10.1 Å². The van der Waals surface area contributed by atoms with Gasteiger partial charge in [-0.25, -0.2) is 0 Å². The molecule has 0 aliphatic heterocycles. The Balaban J connectivity index is 2.08. The standard InChI is InChI=1S/C11H10N4O3S/c1-19-9-4-2-8(3-5-9)10(16)6-14-7-12-11(13-14)15(17)18/h2-5,7H,6H2,1H3. The molecule has 0 radical (unpaired) electrons. The highest BCUT2D eigenvalue weighted by Gasteiger charge is 2.16. The van der Waals surface area contributed by atoms with Crippen LogP contribution >= 0.6 is 11.8 Å². The summed E-state index contributed by atoms with van der Waals surface area (Å²) in [6, 6.07) is 7.14. The molecule has 0 fully saturated rings. The summed E-state index contributed by atoms with van der Waals surface area (Å²) < 4.78 is 1.16. The Labute approximate surface area is 112 Å². The van der Waals surface area contributed by atoms with Crippen LogP contribution in [0.15, 0.2) is 35.5 Å². The van der Waals surface area contributed by atoms with E-state index in [4.69, 9.17) is 0 Å². The van der Waals surface area contributed by atoms with Crippen LogP contribution in [-0.2, 0) is 6.54 Å². The Hall–Kier alpha value is -2.22. The van der Waals surface area contributed by atoms with Gasteiger partial charge in [0.05, 0.1) is 0 Å². The summed E-state index contributed by atoms with van der Waals surface area (Å²) >= 11 is 1.59. The fraction of sp³-hybridized carbons (Fsp3) is 0.182. The lowest BCUT2D eigenvalue weighted by molar-refractivity contribution is -0.394. The molecular formula is C11H10N4O3S. The van der Waals surface area contributed by atoms with Crippen molar-refractivity contribution in [3.8, 4) is 0 Å². The lowest BCUT2D eigenvalue weighted by Gasteiger charge is -2.00. The van der Waals surface area contributed by atoms with Crippen molar-refractivity contribution in [1.82, 2.24) is 14.8 Å². The van der Waals surface area contributed by atoms with Gasteiger partial charge in [0.2, 0.25) is 6.33 Å². The van der Waals surface area contributed by atoms with E-state index in [-0.39, 0.29) is 12.3 Å². The van der Waals surface area contributed by atoms with Crippen LogP contribution in [0.1, 0.15) is 10.4 Å². The molecule has 0 saturated carbocycles. The van der Waals surface area contributed by atoms with E-state index in [9.17, 15) is 14.9 Å². The van der Waals surface area contributed by atoms with Gasteiger partial charge in [0.25, 0.3) is 0 Å². The van der Waals surface area contributed by atoms with Gasteiger partial charge in [0.1, 0.15) is 6.54 Å². The van der Waals surface area contributed by atoms with Crippen molar-refractivity contribution in [3.05, 3.63) is 46.3 Å². The number of aromatic nitrogens is 3. The largest absolute Gasteiger partial charge is 0.490 e. The van der Waals surface area contributed by atoms with E-state index >= 15 is 0 Å². The van der Waals surface area contributed by atoms with Crippen LogP contribution in [0, 0.1) is 10.1 Å². The number of hydrogen-bond acceptors (Lipinski definition) is 6. The number of carbonyl (C=O) groups excluding carboxylic acids is 1. The summed E-state index contributed by atoms with van der Waals surface area (Å²) in [6.07, 6.45) is 3.12. The highest BCUT2D eigenvalue weighted by atomic mass is 32.2. The fourth-order valence-corrected chi connectivity index (χ4v) is 1.87. The van der Waals surface area contributed by atoms with E-state index < -0.39 is 10.9 Å². The van der Waals surface area contributed by atoms with Crippen molar-refractivity contribution in [2.45, 2.75) is 11.4 Å². The predicted molar refractivity (Wildman–Crippen MR) is 69.2 cm³/mol. The van der Waals surface area contributed by atoms with E-state index in [0.717, 1.165) is 9.58 Å². The van der Waals surface area contributed by atoms with E-state index in [1.165, 1.54) is 6.33 Å². The Morgan fingerprint density at radius 2 is 2.11 bits per heavy atom. The lowest BCUT2D eigenvalue weighted by atomic mass is 10.1. The first-order valence-corrected chi connectivity index (χ1v) is 6.53. The molecule has 0 N–H and O–H groups in total. The molecule has 0 unspecified atom stereocenters. The summed E-state index contributed by atoms with van der Waals surface area (Å²) in [5.74, 6) is -0.682. The molecule has 0 bridgehead atoms. The Bertz CT molecular complexity index is 609. The third-order valence-corrected chi connectivity index (χ3v) is 3.15. The normalized spacial score (nSPS) is 10.4. The number of hydrogen-bond donors (Lipinski definition) is 0. The van der Waals surface area contributed by atoms with Gasteiger partial charge < -0.3 is 10.1 Å². The molecule has 2 rings (SSSR count). The summed E-state index contributed by atoms with van der Waals surface area (Å²) in [7, 11) is 0. The van der Waals surface area contributed by atoms with E-state index in [1.807, 2.05) is 18.4 Å². The van der Waals surface area contributed by atoms with Gasteiger partial charge in [0.15, 0.2) is 5.78 Å². The Morgan fingerprint density at radius 3 is 2.63 bits per heavy atom. The first-order chi connectivity index (χ1) is 9.10. The van der Waals surface area contributed by atoms with Crippen molar-refractivity contribution >= 4 is 23.5 Å². The Kier molecular flexibility index (Phi) is 3.91. The molecule has 0 saturated heterocycles. The zero-order chi connectivity index (χ0) is 13.8. The average molecular weight is 278 g/mol. The second kappa shape index (κ2) is 5.61. The number of carbonyl (C=O) groups is 1. The van der Waals surface area contributed by atoms with E-state index in [0.29, 0.717) is 5.56 Å². The van der Waals surface area contributed by atoms with Gasteiger partial charge in [-0.05, 0) is 23.3 Å². The molecule has 0 aliphatic rings. The zero-order valence-electron chi connectivity index (χ0n) is 10.0. The number of rotatable bonds is 5. The highest BCUT2D eigenvalue weighted by molar-refractivity contribution is 7.98. The number of Topliss-reactive ketones (excluding diaryl/α,β-unsaturated/α-hetero) is 1. The molecule has 1 heterocycles. The maximum absolute atomic E-state index is 11.9. The van der Waals surface area contributed by atoms with Gasteiger partial charge in [-0.1, -0.05) is 17.1 Å². The molecule has 7 nitrogen and oxygen atoms in total. The number of nitrogens with zero attached hydrogens (tertiary/aromatic N) is 4. The minimum atomic E-state index is -0.700. The van der Waals surface area contributed by atoms with Gasteiger partial charge >= 0.3 is 5.95 Å². The van der Waals surface area contributed by atoms with Crippen LogP contribution in [0.3, 0.4) is 0 Å². The molecule has 0 spiro atoms. The minimum Gasteiger partial charge on any atom is -0.390 e. The van der Waals surface area contributed by atoms with Crippen LogP contribution in [0.2, 0.25) is 0 Å². The topological polar surface area (TPSA) is 90.9 Å². The summed E-state index contributed by atoms with van der Waals surface area (Å²) in [5.41, 5.74) is 0.538. The zero-order valence-corrected chi connectivity index (χ0v) is 10.8. The maximum Gasteiger partial charge on any atom is 0.490 e. The quantitative estimate of drug-likeness (QED) is 0.358. The molecular weight excluding hydrogens is 268 g/mol. The van der Waals surface area contributed by atoms with Crippen LogP contribution < -0.4 is 0 Å². The number of nitro groups is 1. The van der Waals surface area contributed by atoms with Crippen molar-refractivity contribution in [3.63, 3.8) is 0 Å². The Morgan fingerprint density at radius 1 is 1.42 bits per heavy atom. The monoisotopic (exact) mass is 278 g/mol. The first-order valence-electron chi connectivity index (χ1n) is 5.31. The summed E-state index contributed by atoms with van der Waals surface area (Å²) in [5, 5.41) is 14.0. The van der Waals surface area contributed by atoms with Gasteiger partial charge in [-0.15, -0.1) is 11.8 Å². The lowest BCUT2D eigenvalue weighted by Crippen LogP contribution is -2.11. The van der Waals surface area contributed by atoms with Crippen molar-refractivity contribution in [1.29, 1.82) is 0 Å². The molecule has 0 aliphatic carbocycles. The van der Waals surface area contributed by atoms with Crippen LogP contribution in [0.25, 0.3) is 0 Å². The van der Waals surface area contributed by atoms with Crippen LogP contribution in [0.4, 0.5) is 5.95 Å². The smallest absolute Gasteiger partial charge is 0.390 e. The third kappa shape index (κ3) is 3.16. The number of thioether (sulfide) groups is 1. The molecule has 98 valence electrons. The molecule has 0 amide bonds.